The molecular weight excluding hydrogens is 140 g/mol. The predicted octanol–water partition coefficient (Wildman–Crippen LogP) is -0.784. The number of hydrogen-bond acceptors (Lipinski definition) is 3. The average Bonchev–Trinajstić information content (AvgIpc) is 2.05. The maximum atomic E-state index is 7.25. The SMILES string of the molecule is CC(C(=N)N)N1CCNCC1. The molecule has 1 heterocycles. The highest BCUT2D eigenvalue weighted by molar-refractivity contribution is 5.82. The standard InChI is InChI=1S/C7H16N4/c1-6(7(8)9)11-4-2-10-3-5-11/h6,10H,2-5H2,1H3,(H3,8,9). The first-order valence-corrected chi connectivity index (χ1v) is 4.00. The molecule has 1 saturated heterocycles. The van der Waals surface area contributed by atoms with Gasteiger partial charge in [-0.3, -0.25) is 10.3 Å². The zero-order valence-corrected chi connectivity index (χ0v) is 6.93. The van der Waals surface area contributed by atoms with Crippen LogP contribution in [0.2, 0.25) is 0 Å². The van der Waals surface area contributed by atoms with Crippen LogP contribution in [0.25, 0.3) is 0 Å². The van der Waals surface area contributed by atoms with Crippen molar-refractivity contribution in [3.63, 3.8) is 0 Å². The van der Waals surface area contributed by atoms with Crippen LogP contribution in [0.15, 0.2) is 0 Å². The fourth-order valence-corrected chi connectivity index (χ4v) is 1.27. The molecule has 1 aliphatic heterocycles. The second kappa shape index (κ2) is 3.69. The molecule has 0 spiro atoms. The van der Waals surface area contributed by atoms with Crippen LogP contribution in [0.5, 0.6) is 0 Å². The second-order valence-electron chi connectivity index (χ2n) is 2.92. The molecule has 1 rings (SSSR count). The number of amidine groups is 1. The quantitative estimate of drug-likeness (QED) is 0.363. The summed E-state index contributed by atoms with van der Waals surface area (Å²) in [6.07, 6.45) is 0. The van der Waals surface area contributed by atoms with E-state index in [-0.39, 0.29) is 11.9 Å². The molecular formula is C7H16N4. The minimum absolute atomic E-state index is 0.108. The fraction of sp³-hybridized carbons (Fsp3) is 0.857. The van der Waals surface area contributed by atoms with Gasteiger partial charge in [-0.2, -0.15) is 0 Å². The van der Waals surface area contributed by atoms with Gasteiger partial charge in [0.2, 0.25) is 0 Å². The van der Waals surface area contributed by atoms with Gasteiger partial charge in [0.25, 0.3) is 0 Å². The zero-order chi connectivity index (χ0) is 8.27. The Morgan fingerprint density at radius 1 is 1.55 bits per heavy atom. The first-order valence-electron chi connectivity index (χ1n) is 4.00. The lowest BCUT2D eigenvalue weighted by Gasteiger charge is -2.31. The molecule has 11 heavy (non-hydrogen) atoms. The molecule has 1 atom stereocenters. The maximum Gasteiger partial charge on any atom is 0.108 e. The molecule has 0 aromatic carbocycles. The third kappa shape index (κ3) is 2.17. The number of nitrogens with zero attached hydrogens (tertiary/aromatic N) is 1. The lowest BCUT2D eigenvalue weighted by Crippen LogP contribution is -2.51. The van der Waals surface area contributed by atoms with Gasteiger partial charge < -0.3 is 11.1 Å². The van der Waals surface area contributed by atoms with Crippen molar-refractivity contribution in [2.45, 2.75) is 13.0 Å². The molecule has 0 saturated carbocycles. The molecule has 0 aromatic heterocycles. The van der Waals surface area contributed by atoms with Crippen LogP contribution in [0, 0.1) is 5.41 Å². The number of nitrogens with one attached hydrogen (secondary N) is 2. The minimum atomic E-state index is 0.108. The first kappa shape index (κ1) is 8.49. The first-order chi connectivity index (χ1) is 5.22. The van der Waals surface area contributed by atoms with E-state index in [1.54, 1.807) is 0 Å². The van der Waals surface area contributed by atoms with Crippen LogP contribution in [0.4, 0.5) is 0 Å². The Labute approximate surface area is 67.3 Å². The van der Waals surface area contributed by atoms with Gasteiger partial charge >= 0.3 is 0 Å². The number of piperazine rings is 1. The van der Waals surface area contributed by atoms with Crippen LogP contribution in [-0.2, 0) is 0 Å². The van der Waals surface area contributed by atoms with Crippen molar-refractivity contribution in [1.82, 2.24) is 10.2 Å². The topological polar surface area (TPSA) is 65.1 Å². The number of rotatable bonds is 2. The van der Waals surface area contributed by atoms with E-state index in [2.05, 4.69) is 10.2 Å². The van der Waals surface area contributed by atoms with E-state index in [0.29, 0.717) is 0 Å². The highest BCUT2D eigenvalue weighted by Gasteiger charge is 2.17. The molecule has 4 N–H and O–H groups in total. The van der Waals surface area contributed by atoms with Crippen molar-refractivity contribution >= 4 is 5.84 Å². The van der Waals surface area contributed by atoms with Gasteiger partial charge in [0.15, 0.2) is 0 Å². The highest BCUT2D eigenvalue weighted by atomic mass is 15.2. The van der Waals surface area contributed by atoms with Crippen LogP contribution in [0.1, 0.15) is 6.92 Å². The van der Waals surface area contributed by atoms with Crippen molar-refractivity contribution in [2.75, 3.05) is 26.2 Å². The second-order valence-corrected chi connectivity index (χ2v) is 2.92. The van der Waals surface area contributed by atoms with Gasteiger partial charge in [-0.05, 0) is 6.92 Å². The zero-order valence-electron chi connectivity index (χ0n) is 6.93. The van der Waals surface area contributed by atoms with Crippen molar-refractivity contribution in [2.24, 2.45) is 5.73 Å². The van der Waals surface area contributed by atoms with E-state index in [1.165, 1.54) is 0 Å². The summed E-state index contributed by atoms with van der Waals surface area (Å²) in [6.45, 7) is 6.00. The summed E-state index contributed by atoms with van der Waals surface area (Å²) >= 11 is 0. The van der Waals surface area contributed by atoms with Crippen LogP contribution in [0.3, 0.4) is 0 Å². The van der Waals surface area contributed by atoms with Gasteiger partial charge in [0.05, 0.1) is 6.04 Å². The van der Waals surface area contributed by atoms with Crippen LogP contribution >= 0.6 is 0 Å². The third-order valence-electron chi connectivity index (χ3n) is 2.15. The number of nitrogens with two attached hydrogens (primary N) is 1. The van der Waals surface area contributed by atoms with Crippen molar-refractivity contribution in [3.05, 3.63) is 0 Å². The molecule has 64 valence electrons. The van der Waals surface area contributed by atoms with E-state index in [4.69, 9.17) is 11.1 Å². The Bertz CT molecular complexity index is 139. The largest absolute Gasteiger partial charge is 0.386 e. The lowest BCUT2D eigenvalue weighted by molar-refractivity contribution is 0.221. The van der Waals surface area contributed by atoms with E-state index >= 15 is 0 Å². The Morgan fingerprint density at radius 3 is 2.55 bits per heavy atom. The summed E-state index contributed by atoms with van der Waals surface area (Å²) in [5.74, 6) is 0.270. The van der Waals surface area contributed by atoms with Crippen molar-refractivity contribution < 1.29 is 0 Å². The minimum Gasteiger partial charge on any atom is -0.386 e. The molecule has 0 bridgehead atoms. The van der Waals surface area contributed by atoms with E-state index < -0.39 is 0 Å². The summed E-state index contributed by atoms with van der Waals surface area (Å²) in [4.78, 5) is 2.22. The monoisotopic (exact) mass is 156 g/mol. The Morgan fingerprint density at radius 2 is 2.09 bits per heavy atom. The van der Waals surface area contributed by atoms with E-state index in [9.17, 15) is 0 Å². The fourth-order valence-electron chi connectivity index (χ4n) is 1.27. The summed E-state index contributed by atoms with van der Waals surface area (Å²) < 4.78 is 0. The molecule has 1 aliphatic rings. The molecule has 0 amide bonds. The molecule has 0 radical (unpaired) electrons. The van der Waals surface area contributed by atoms with Crippen LogP contribution in [-0.4, -0.2) is 43.0 Å². The molecule has 0 aliphatic carbocycles. The lowest BCUT2D eigenvalue weighted by atomic mass is 10.2. The third-order valence-corrected chi connectivity index (χ3v) is 2.15. The average molecular weight is 156 g/mol. The van der Waals surface area contributed by atoms with Gasteiger partial charge in [-0.15, -0.1) is 0 Å². The summed E-state index contributed by atoms with van der Waals surface area (Å²) in [7, 11) is 0. The summed E-state index contributed by atoms with van der Waals surface area (Å²) in [6, 6.07) is 0.108. The summed E-state index contributed by atoms with van der Waals surface area (Å²) in [5, 5.41) is 10.5. The van der Waals surface area contributed by atoms with Gasteiger partial charge in [-0.1, -0.05) is 0 Å². The Kier molecular flexibility index (Phi) is 2.84. The van der Waals surface area contributed by atoms with E-state index in [1.807, 2.05) is 6.92 Å². The highest BCUT2D eigenvalue weighted by Crippen LogP contribution is 1.99. The molecule has 1 fully saturated rings. The molecule has 4 heteroatoms. The maximum absolute atomic E-state index is 7.25. The molecule has 0 aromatic rings. The van der Waals surface area contributed by atoms with Gasteiger partial charge in [0.1, 0.15) is 5.84 Å². The summed E-state index contributed by atoms with van der Waals surface area (Å²) in [5.41, 5.74) is 5.39. The molecule has 1 unspecified atom stereocenters. The van der Waals surface area contributed by atoms with Crippen molar-refractivity contribution in [1.29, 1.82) is 5.41 Å². The van der Waals surface area contributed by atoms with Crippen molar-refractivity contribution in [3.8, 4) is 0 Å². The van der Waals surface area contributed by atoms with Gasteiger partial charge in [-0.25, -0.2) is 0 Å². The smallest absolute Gasteiger partial charge is 0.108 e. The Balaban J connectivity index is 2.38. The number of hydrogen-bond donors (Lipinski definition) is 3. The van der Waals surface area contributed by atoms with Gasteiger partial charge in [0, 0.05) is 26.2 Å². The Hall–Kier alpha value is -0.610. The van der Waals surface area contributed by atoms with E-state index in [0.717, 1.165) is 26.2 Å². The predicted molar refractivity (Wildman–Crippen MR) is 45.8 cm³/mol. The molecule has 4 nitrogen and oxygen atoms in total. The van der Waals surface area contributed by atoms with Crippen LogP contribution < -0.4 is 11.1 Å². The normalized spacial score (nSPS) is 23.0.